The lowest BCUT2D eigenvalue weighted by Gasteiger charge is -2.01. The third kappa shape index (κ3) is 5.26. The average Bonchev–Trinajstić information content (AvgIpc) is 2.58. The summed E-state index contributed by atoms with van der Waals surface area (Å²) in [6.07, 6.45) is 3.97. The molecule has 0 spiro atoms. The number of thiazole rings is 1. The summed E-state index contributed by atoms with van der Waals surface area (Å²) < 4.78 is 1.28. The van der Waals surface area contributed by atoms with Crippen LogP contribution in [0.2, 0.25) is 0 Å². The number of hydrogen-bond donors (Lipinski definition) is 1. The van der Waals surface area contributed by atoms with E-state index in [2.05, 4.69) is 45.2 Å². The molecule has 0 saturated heterocycles. The van der Waals surface area contributed by atoms with Crippen LogP contribution in [-0.4, -0.2) is 16.0 Å². The molecule has 1 aromatic rings. The number of halogens is 1. The fourth-order valence-electron chi connectivity index (χ4n) is 1.23. The van der Waals surface area contributed by atoms with Crippen molar-refractivity contribution in [3.63, 3.8) is 0 Å². The van der Waals surface area contributed by atoms with Crippen molar-refractivity contribution < 1.29 is 0 Å². The number of nitrogens with zero attached hydrogens (tertiary/aromatic N) is 1. The summed E-state index contributed by atoms with van der Waals surface area (Å²) in [6.45, 7) is 4.09. The summed E-state index contributed by atoms with van der Waals surface area (Å²) in [5.74, 6) is 0. The Hall–Kier alpha value is 0.320. The van der Waals surface area contributed by atoms with E-state index in [0.717, 1.165) is 18.1 Å². The predicted octanol–water partition coefficient (Wildman–Crippen LogP) is 3.15. The first-order valence-corrected chi connectivity index (χ1v) is 7.41. The van der Waals surface area contributed by atoms with Gasteiger partial charge in [-0.15, -0.1) is 11.3 Å². The number of hydrogen-bond acceptors (Lipinski definition) is 3. The molecule has 1 rings (SSSR count). The van der Waals surface area contributed by atoms with Crippen LogP contribution >= 0.6 is 33.9 Å². The molecule has 0 aliphatic rings. The molecular formula is C10H17IN2S. The first-order chi connectivity index (χ1) is 6.83. The Balaban J connectivity index is 1.99. The second-order valence-electron chi connectivity index (χ2n) is 3.28. The van der Waals surface area contributed by atoms with Gasteiger partial charge in [-0.3, -0.25) is 0 Å². The highest BCUT2D eigenvalue weighted by Gasteiger charge is 1.96. The predicted molar refractivity (Wildman–Crippen MR) is 71.3 cm³/mol. The van der Waals surface area contributed by atoms with Crippen molar-refractivity contribution in [3.8, 4) is 0 Å². The minimum atomic E-state index is 0.925. The van der Waals surface area contributed by atoms with Gasteiger partial charge >= 0.3 is 0 Å². The fraction of sp³-hybridized carbons (Fsp3) is 0.700. The molecule has 4 heteroatoms. The lowest BCUT2D eigenvalue weighted by atomic mass is 10.2. The lowest BCUT2D eigenvalue weighted by Crippen LogP contribution is -2.14. The number of unbranched alkanes of at least 4 members (excludes halogenated alkanes) is 2. The summed E-state index contributed by atoms with van der Waals surface area (Å²) >= 11 is 4.16. The molecule has 0 amide bonds. The van der Waals surface area contributed by atoms with E-state index in [1.807, 2.05) is 0 Å². The maximum atomic E-state index is 4.40. The lowest BCUT2D eigenvalue weighted by molar-refractivity contribution is 0.614. The minimum absolute atomic E-state index is 0.925. The third-order valence-electron chi connectivity index (χ3n) is 1.96. The van der Waals surface area contributed by atoms with Gasteiger partial charge in [0.05, 0.1) is 10.7 Å². The molecule has 80 valence electrons. The summed E-state index contributed by atoms with van der Waals surface area (Å²) in [5.41, 5.74) is 1.18. The Morgan fingerprint density at radius 3 is 2.93 bits per heavy atom. The summed E-state index contributed by atoms with van der Waals surface area (Å²) in [4.78, 5) is 4.40. The van der Waals surface area contributed by atoms with Crippen molar-refractivity contribution in [1.29, 1.82) is 0 Å². The van der Waals surface area contributed by atoms with Crippen LogP contribution in [0.1, 0.15) is 30.0 Å². The molecule has 1 aromatic heterocycles. The van der Waals surface area contributed by atoms with Crippen LogP contribution in [0.5, 0.6) is 0 Å². The smallest absolute Gasteiger partial charge is 0.0897 e. The van der Waals surface area contributed by atoms with E-state index in [1.54, 1.807) is 11.3 Å². The first kappa shape index (κ1) is 12.4. The van der Waals surface area contributed by atoms with Crippen molar-refractivity contribution in [2.45, 2.75) is 32.7 Å². The van der Waals surface area contributed by atoms with Crippen LogP contribution in [0.25, 0.3) is 0 Å². The molecule has 0 aliphatic carbocycles. The highest BCUT2D eigenvalue weighted by Crippen LogP contribution is 2.07. The number of nitrogens with one attached hydrogen (secondary N) is 1. The Morgan fingerprint density at radius 1 is 1.43 bits per heavy atom. The summed E-state index contributed by atoms with van der Waals surface area (Å²) in [5, 5.41) is 6.71. The van der Waals surface area contributed by atoms with Gasteiger partial charge in [-0.05, 0) is 30.7 Å². The van der Waals surface area contributed by atoms with E-state index >= 15 is 0 Å². The van der Waals surface area contributed by atoms with Gasteiger partial charge in [0.2, 0.25) is 0 Å². The molecule has 0 saturated carbocycles. The molecule has 0 atom stereocenters. The highest BCUT2D eigenvalue weighted by molar-refractivity contribution is 14.1. The van der Waals surface area contributed by atoms with E-state index in [1.165, 1.54) is 29.4 Å². The molecule has 14 heavy (non-hydrogen) atoms. The first-order valence-electron chi connectivity index (χ1n) is 5.00. The van der Waals surface area contributed by atoms with Crippen LogP contribution in [0.15, 0.2) is 5.38 Å². The molecule has 0 fully saturated rings. The molecule has 1 heterocycles. The second-order valence-corrected chi connectivity index (χ2v) is 5.43. The summed E-state index contributed by atoms with van der Waals surface area (Å²) in [7, 11) is 0. The van der Waals surface area contributed by atoms with Gasteiger partial charge in [0.15, 0.2) is 0 Å². The minimum Gasteiger partial charge on any atom is -0.311 e. The topological polar surface area (TPSA) is 24.9 Å². The molecule has 0 bridgehead atoms. The van der Waals surface area contributed by atoms with Crippen molar-refractivity contribution in [2.75, 3.05) is 11.0 Å². The fourth-order valence-corrected chi connectivity index (χ4v) is 2.38. The Bertz CT molecular complexity index is 250. The monoisotopic (exact) mass is 324 g/mol. The molecular weight excluding hydrogens is 307 g/mol. The number of aryl methyl sites for hydroxylation is 1. The Kier molecular flexibility index (Phi) is 6.72. The van der Waals surface area contributed by atoms with Crippen molar-refractivity contribution in [3.05, 3.63) is 16.1 Å². The van der Waals surface area contributed by atoms with E-state index < -0.39 is 0 Å². The van der Waals surface area contributed by atoms with Crippen molar-refractivity contribution >= 4 is 33.9 Å². The maximum Gasteiger partial charge on any atom is 0.0897 e. The van der Waals surface area contributed by atoms with Gasteiger partial charge in [-0.25, -0.2) is 4.98 Å². The van der Waals surface area contributed by atoms with Gasteiger partial charge in [0, 0.05) is 11.9 Å². The second kappa shape index (κ2) is 7.59. The molecule has 0 aliphatic heterocycles. The van der Waals surface area contributed by atoms with E-state index in [0.29, 0.717) is 0 Å². The van der Waals surface area contributed by atoms with Crippen molar-refractivity contribution in [1.82, 2.24) is 10.3 Å². The zero-order valence-electron chi connectivity index (χ0n) is 8.55. The Morgan fingerprint density at radius 2 is 2.29 bits per heavy atom. The van der Waals surface area contributed by atoms with E-state index in [9.17, 15) is 0 Å². The van der Waals surface area contributed by atoms with Crippen LogP contribution in [0, 0.1) is 6.92 Å². The highest BCUT2D eigenvalue weighted by atomic mass is 127. The number of rotatable bonds is 7. The van der Waals surface area contributed by atoms with Gasteiger partial charge in [0.1, 0.15) is 0 Å². The van der Waals surface area contributed by atoms with Gasteiger partial charge < -0.3 is 5.32 Å². The van der Waals surface area contributed by atoms with Crippen LogP contribution in [0.4, 0.5) is 0 Å². The zero-order chi connectivity index (χ0) is 10.2. The van der Waals surface area contributed by atoms with Crippen LogP contribution in [-0.2, 0) is 6.54 Å². The van der Waals surface area contributed by atoms with Crippen LogP contribution in [0.3, 0.4) is 0 Å². The van der Waals surface area contributed by atoms with Gasteiger partial charge in [-0.1, -0.05) is 29.0 Å². The summed E-state index contributed by atoms with van der Waals surface area (Å²) in [6, 6.07) is 0. The van der Waals surface area contributed by atoms with E-state index in [4.69, 9.17) is 0 Å². The van der Waals surface area contributed by atoms with Gasteiger partial charge in [0.25, 0.3) is 0 Å². The molecule has 2 nitrogen and oxygen atoms in total. The molecule has 1 N–H and O–H groups in total. The van der Waals surface area contributed by atoms with E-state index in [-0.39, 0.29) is 0 Å². The number of alkyl halides is 1. The molecule has 0 aromatic carbocycles. The zero-order valence-corrected chi connectivity index (χ0v) is 11.5. The Labute approximate surface area is 104 Å². The normalized spacial score (nSPS) is 10.7. The quantitative estimate of drug-likeness (QED) is 0.473. The maximum absolute atomic E-state index is 4.40. The van der Waals surface area contributed by atoms with Crippen LogP contribution < -0.4 is 5.32 Å². The standard InChI is InChI=1S/C10H17IN2S/c1-9-13-10(8-14-9)7-12-6-4-2-3-5-11/h8,12H,2-7H2,1H3. The third-order valence-corrected chi connectivity index (χ3v) is 3.54. The number of aromatic nitrogens is 1. The average molecular weight is 324 g/mol. The SMILES string of the molecule is Cc1nc(CNCCCCCI)cs1. The van der Waals surface area contributed by atoms with Gasteiger partial charge in [-0.2, -0.15) is 0 Å². The van der Waals surface area contributed by atoms with Crippen molar-refractivity contribution in [2.24, 2.45) is 0 Å². The molecule has 0 radical (unpaired) electrons. The largest absolute Gasteiger partial charge is 0.311 e. The molecule has 0 unspecified atom stereocenters.